The summed E-state index contributed by atoms with van der Waals surface area (Å²) in [5.74, 6) is 1.25. The van der Waals surface area contributed by atoms with Crippen LogP contribution in [0.15, 0.2) is 24.5 Å². The third-order valence-corrected chi connectivity index (χ3v) is 5.22. The highest BCUT2D eigenvalue weighted by Crippen LogP contribution is 2.31. The molecule has 5 nitrogen and oxygen atoms in total. The fraction of sp³-hybridized carbons (Fsp3) is 0.462. The molecule has 2 aromatic rings. The SMILES string of the molecule is CC1SCCCC1Nc1cc(-n2cnnn2)ccc1Cl. The van der Waals surface area contributed by atoms with Gasteiger partial charge in [-0.15, -0.1) is 5.10 Å². The van der Waals surface area contributed by atoms with Crippen LogP contribution in [-0.4, -0.2) is 37.3 Å². The molecule has 2 heterocycles. The van der Waals surface area contributed by atoms with E-state index in [1.54, 1.807) is 11.0 Å². The zero-order chi connectivity index (χ0) is 13.9. The minimum Gasteiger partial charge on any atom is -0.380 e. The molecule has 2 atom stereocenters. The molecule has 0 amide bonds. The van der Waals surface area contributed by atoms with Gasteiger partial charge in [0, 0.05) is 11.3 Å². The molecule has 0 aliphatic carbocycles. The largest absolute Gasteiger partial charge is 0.380 e. The van der Waals surface area contributed by atoms with Crippen molar-refractivity contribution < 1.29 is 0 Å². The molecule has 1 fully saturated rings. The number of rotatable bonds is 3. The minimum absolute atomic E-state index is 0.454. The van der Waals surface area contributed by atoms with Crippen molar-refractivity contribution in [3.8, 4) is 5.69 Å². The molecule has 2 unspecified atom stereocenters. The lowest BCUT2D eigenvalue weighted by Gasteiger charge is -2.30. The smallest absolute Gasteiger partial charge is 0.143 e. The van der Waals surface area contributed by atoms with Gasteiger partial charge in [-0.05, 0) is 47.2 Å². The summed E-state index contributed by atoms with van der Waals surface area (Å²) in [6.45, 7) is 2.26. The van der Waals surface area contributed by atoms with E-state index < -0.39 is 0 Å². The number of hydrogen-bond donors (Lipinski definition) is 1. The molecule has 20 heavy (non-hydrogen) atoms. The van der Waals surface area contributed by atoms with Gasteiger partial charge in [0.1, 0.15) is 6.33 Å². The van der Waals surface area contributed by atoms with E-state index in [1.165, 1.54) is 18.6 Å². The zero-order valence-electron chi connectivity index (χ0n) is 11.2. The molecule has 3 rings (SSSR count). The monoisotopic (exact) mass is 309 g/mol. The van der Waals surface area contributed by atoms with Crippen molar-refractivity contribution in [2.45, 2.75) is 31.1 Å². The van der Waals surface area contributed by atoms with Crippen molar-refractivity contribution >= 4 is 29.1 Å². The predicted molar refractivity (Wildman–Crippen MR) is 82.7 cm³/mol. The van der Waals surface area contributed by atoms with E-state index in [4.69, 9.17) is 11.6 Å². The highest BCUT2D eigenvalue weighted by molar-refractivity contribution is 8.00. The maximum atomic E-state index is 6.29. The number of nitrogens with one attached hydrogen (secondary N) is 1. The number of thioether (sulfide) groups is 1. The fourth-order valence-corrected chi connectivity index (χ4v) is 3.67. The summed E-state index contributed by atoms with van der Waals surface area (Å²) in [5, 5.41) is 16.1. The fourth-order valence-electron chi connectivity index (χ4n) is 2.36. The highest BCUT2D eigenvalue weighted by Gasteiger charge is 2.22. The van der Waals surface area contributed by atoms with Crippen molar-refractivity contribution in [1.82, 2.24) is 20.2 Å². The maximum Gasteiger partial charge on any atom is 0.143 e. The van der Waals surface area contributed by atoms with Crippen molar-refractivity contribution in [3.05, 3.63) is 29.5 Å². The lowest BCUT2D eigenvalue weighted by atomic mass is 10.1. The standard InChI is InChI=1S/C13H16ClN5S/c1-9-12(3-2-6-20-9)16-13-7-10(4-5-11(13)14)19-8-15-17-18-19/h4-5,7-9,12,16H,2-3,6H2,1H3. The van der Waals surface area contributed by atoms with E-state index in [-0.39, 0.29) is 0 Å². The Labute approximate surface area is 127 Å². The average Bonchev–Trinajstić information content (AvgIpc) is 2.98. The Morgan fingerprint density at radius 1 is 1.45 bits per heavy atom. The summed E-state index contributed by atoms with van der Waals surface area (Å²) in [6, 6.07) is 6.23. The lowest BCUT2D eigenvalue weighted by Crippen LogP contribution is -2.32. The van der Waals surface area contributed by atoms with Gasteiger partial charge < -0.3 is 5.32 Å². The van der Waals surface area contributed by atoms with E-state index >= 15 is 0 Å². The minimum atomic E-state index is 0.454. The molecule has 7 heteroatoms. The molecular formula is C13H16ClN5S. The van der Waals surface area contributed by atoms with Gasteiger partial charge in [-0.2, -0.15) is 11.8 Å². The van der Waals surface area contributed by atoms with Crippen LogP contribution in [0.3, 0.4) is 0 Å². The third-order valence-electron chi connectivity index (χ3n) is 3.51. The average molecular weight is 310 g/mol. The van der Waals surface area contributed by atoms with E-state index in [1.807, 2.05) is 30.0 Å². The van der Waals surface area contributed by atoms with Gasteiger partial charge in [0.2, 0.25) is 0 Å². The summed E-state index contributed by atoms with van der Waals surface area (Å²) in [7, 11) is 0. The van der Waals surface area contributed by atoms with Gasteiger partial charge in [-0.25, -0.2) is 4.68 Å². The molecule has 1 aromatic heterocycles. The molecule has 1 aliphatic rings. The molecule has 0 saturated carbocycles. The van der Waals surface area contributed by atoms with E-state index in [0.29, 0.717) is 11.3 Å². The van der Waals surface area contributed by atoms with Crippen LogP contribution in [0.1, 0.15) is 19.8 Å². The Morgan fingerprint density at radius 3 is 3.10 bits per heavy atom. The van der Waals surface area contributed by atoms with Crippen LogP contribution in [0.25, 0.3) is 5.69 Å². The Balaban J connectivity index is 1.83. The molecule has 106 valence electrons. The summed E-state index contributed by atoms with van der Waals surface area (Å²) in [4.78, 5) is 0. The summed E-state index contributed by atoms with van der Waals surface area (Å²) in [6.07, 6.45) is 4.00. The normalized spacial score (nSPS) is 22.7. The van der Waals surface area contributed by atoms with Gasteiger partial charge in [-0.3, -0.25) is 0 Å². The maximum absolute atomic E-state index is 6.29. The molecule has 1 saturated heterocycles. The highest BCUT2D eigenvalue weighted by atomic mass is 35.5. The van der Waals surface area contributed by atoms with E-state index in [0.717, 1.165) is 16.4 Å². The topological polar surface area (TPSA) is 55.6 Å². The second-order valence-electron chi connectivity index (χ2n) is 4.89. The van der Waals surface area contributed by atoms with Crippen LogP contribution < -0.4 is 5.32 Å². The molecule has 0 bridgehead atoms. The number of halogens is 1. The molecule has 0 radical (unpaired) electrons. The number of hydrogen-bond acceptors (Lipinski definition) is 5. The Morgan fingerprint density at radius 2 is 2.35 bits per heavy atom. The predicted octanol–water partition coefficient (Wildman–Crippen LogP) is 3.01. The van der Waals surface area contributed by atoms with Crippen LogP contribution in [-0.2, 0) is 0 Å². The molecule has 1 aliphatic heterocycles. The Bertz CT molecular complexity index is 574. The van der Waals surface area contributed by atoms with Crippen molar-refractivity contribution in [2.75, 3.05) is 11.1 Å². The Kier molecular flexibility index (Phi) is 4.12. The molecule has 1 aromatic carbocycles. The lowest BCUT2D eigenvalue weighted by molar-refractivity contribution is 0.617. The summed E-state index contributed by atoms with van der Waals surface area (Å²) in [5.41, 5.74) is 1.84. The first-order valence-corrected chi connectivity index (χ1v) is 8.08. The number of nitrogens with zero attached hydrogens (tertiary/aromatic N) is 4. The van der Waals surface area contributed by atoms with Crippen molar-refractivity contribution in [2.24, 2.45) is 0 Å². The van der Waals surface area contributed by atoms with Crippen LogP contribution in [0, 0.1) is 0 Å². The summed E-state index contributed by atoms with van der Waals surface area (Å²) >= 11 is 8.30. The number of aromatic nitrogens is 4. The second-order valence-corrected chi connectivity index (χ2v) is 6.78. The van der Waals surface area contributed by atoms with Gasteiger partial charge in [-0.1, -0.05) is 18.5 Å². The molecule has 0 spiro atoms. The van der Waals surface area contributed by atoms with Gasteiger partial charge in [0.15, 0.2) is 0 Å². The number of anilines is 1. The zero-order valence-corrected chi connectivity index (χ0v) is 12.7. The molecular weight excluding hydrogens is 294 g/mol. The van der Waals surface area contributed by atoms with Crippen LogP contribution in [0.2, 0.25) is 5.02 Å². The number of benzene rings is 1. The first-order valence-electron chi connectivity index (χ1n) is 6.65. The van der Waals surface area contributed by atoms with Crippen LogP contribution in [0.4, 0.5) is 5.69 Å². The van der Waals surface area contributed by atoms with Gasteiger partial charge in [0.05, 0.1) is 16.4 Å². The van der Waals surface area contributed by atoms with Crippen LogP contribution >= 0.6 is 23.4 Å². The third kappa shape index (κ3) is 2.91. The quantitative estimate of drug-likeness (QED) is 0.944. The van der Waals surface area contributed by atoms with E-state index in [9.17, 15) is 0 Å². The Hall–Kier alpha value is -1.27. The molecule has 1 N–H and O–H groups in total. The van der Waals surface area contributed by atoms with Crippen molar-refractivity contribution in [1.29, 1.82) is 0 Å². The van der Waals surface area contributed by atoms with Gasteiger partial charge in [0.25, 0.3) is 0 Å². The van der Waals surface area contributed by atoms with Crippen LogP contribution in [0.5, 0.6) is 0 Å². The first kappa shape index (κ1) is 13.7. The van der Waals surface area contributed by atoms with Gasteiger partial charge >= 0.3 is 0 Å². The van der Waals surface area contributed by atoms with E-state index in [2.05, 4.69) is 27.8 Å². The summed E-state index contributed by atoms with van der Waals surface area (Å²) < 4.78 is 1.63. The van der Waals surface area contributed by atoms with Crippen molar-refractivity contribution in [3.63, 3.8) is 0 Å². The first-order chi connectivity index (χ1) is 9.74. The number of tetrazole rings is 1. The second kappa shape index (κ2) is 6.01.